The number of hydrogen-bond donors (Lipinski definition) is 1. The molecule has 1 N–H and O–H groups in total. The number of methoxy groups -OCH3 is 1. The van der Waals surface area contributed by atoms with Gasteiger partial charge in [-0.3, -0.25) is 4.79 Å². The number of nitrogens with one attached hydrogen (secondary N) is 1. The molecule has 138 valence electrons. The summed E-state index contributed by atoms with van der Waals surface area (Å²) in [5.41, 5.74) is 4.60. The molecule has 0 bridgehead atoms. The Labute approximate surface area is 155 Å². The molecule has 26 heavy (non-hydrogen) atoms. The first-order chi connectivity index (χ1) is 12.6. The minimum atomic E-state index is -0.307. The predicted molar refractivity (Wildman–Crippen MR) is 104 cm³/mol. The van der Waals surface area contributed by atoms with Gasteiger partial charge in [-0.1, -0.05) is 32.4 Å². The largest absolute Gasteiger partial charge is 0.497 e. The van der Waals surface area contributed by atoms with Crippen molar-refractivity contribution in [1.82, 2.24) is 5.43 Å². The molecule has 0 aliphatic carbocycles. The highest BCUT2D eigenvalue weighted by molar-refractivity contribution is 5.83. The molecule has 1 atom stereocenters. The van der Waals surface area contributed by atoms with E-state index in [1.807, 2.05) is 36.4 Å². The molecule has 2 aromatic rings. The number of carbonyl (C=O) groups excluding carboxylic acids is 1. The fourth-order valence-electron chi connectivity index (χ4n) is 2.54. The average molecular weight is 354 g/mol. The van der Waals surface area contributed by atoms with Crippen LogP contribution in [-0.4, -0.2) is 25.8 Å². The Balaban J connectivity index is 1.76. The van der Waals surface area contributed by atoms with Crippen LogP contribution in [-0.2, 0) is 4.79 Å². The summed E-state index contributed by atoms with van der Waals surface area (Å²) in [5, 5.41) is 3.92. The normalized spacial score (nSPS) is 12.0. The standard InChI is InChI=1S/C21H26N2O3/c1-4-5-16(2)18-8-12-20(13-9-18)26-15-21(24)23-22-14-17-6-10-19(25-3)11-7-17/h6-14,16H,4-5,15H2,1-3H3,(H,23,24)/b22-14-/t16-/m1/s1. The van der Waals surface area contributed by atoms with Crippen LogP contribution >= 0.6 is 0 Å². The molecule has 5 heteroatoms. The molecule has 1 amide bonds. The molecule has 2 aromatic carbocycles. The van der Waals surface area contributed by atoms with Crippen molar-refractivity contribution in [3.63, 3.8) is 0 Å². The summed E-state index contributed by atoms with van der Waals surface area (Å²) in [7, 11) is 1.61. The summed E-state index contributed by atoms with van der Waals surface area (Å²) >= 11 is 0. The van der Waals surface area contributed by atoms with Crippen LogP contribution in [0.4, 0.5) is 0 Å². The van der Waals surface area contributed by atoms with Gasteiger partial charge in [-0.25, -0.2) is 5.43 Å². The molecule has 0 saturated carbocycles. The fourth-order valence-corrected chi connectivity index (χ4v) is 2.54. The van der Waals surface area contributed by atoms with Gasteiger partial charge >= 0.3 is 0 Å². The third-order valence-electron chi connectivity index (χ3n) is 4.06. The Morgan fingerprint density at radius 1 is 1.12 bits per heavy atom. The molecule has 0 spiro atoms. The van der Waals surface area contributed by atoms with E-state index in [0.717, 1.165) is 24.2 Å². The van der Waals surface area contributed by atoms with E-state index in [2.05, 4.69) is 36.5 Å². The van der Waals surface area contributed by atoms with Gasteiger partial charge < -0.3 is 9.47 Å². The zero-order valence-electron chi connectivity index (χ0n) is 15.6. The van der Waals surface area contributed by atoms with Crippen molar-refractivity contribution in [2.75, 3.05) is 13.7 Å². The van der Waals surface area contributed by atoms with Gasteiger partial charge in [0.05, 0.1) is 13.3 Å². The van der Waals surface area contributed by atoms with Crippen LogP contribution in [0.15, 0.2) is 53.6 Å². The molecule has 0 aliphatic rings. The van der Waals surface area contributed by atoms with Gasteiger partial charge in [0, 0.05) is 0 Å². The number of amides is 1. The van der Waals surface area contributed by atoms with Crippen molar-refractivity contribution in [3.8, 4) is 11.5 Å². The lowest BCUT2D eigenvalue weighted by Gasteiger charge is -2.11. The van der Waals surface area contributed by atoms with Crippen LogP contribution < -0.4 is 14.9 Å². The number of carbonyl (C=O) groups is 1. The maximum atomic E-state index is 11.8. The Bertz CT molecular complexity index is 709. The van der Waals surface area contributed by atoms with Crippen molar-refractivity contribution in [2.45, 2.75) is 32.6 Å². The zero-order valence-corrected chi connectivity index (χ0v) is 15.6. The van der Waals surface area contributed by atoms with Crippen molar-refractivity contribution in [1.29, 1.82) is 0 Å². The van der Waals surface area contributed by atoms with Gasteiger partial charge in [0.2, 0.25) is 0 Å². The quantitative estimate of drug-likeness (QED) is 0.544. The number of hydrogen-bond acceptors (Lipinski definition) is 4. The zero-order chi connectivity index (χ0) is 18.8. The summed E-state index contributed by atoms with van der Waals surface area (Å²) in [6, 6.07) is 15.3. The maximum Gasteiger partial charge on any atom is 0.277 e. The molecule has 5 nitrogen and oxygen atoms in total. The third kappa shape index (κ3) is 6.24. The summed E-state index contributed by atoms with van der Waals surface area (Å²) in [6.45, 7) is 4.32. The third-order valence-corrected chi connectivity index (χ3v) is 4.06. The smallest absolute Gasteiger partial charge is 0.277 e. The molecular weight excluding hydrogens is 328 g/mol. The molecule has 0 fully saturated rings. The SMILES string of the molecule is CCC[C@@H](C)c1ccc(OCC(=O)N/N=C\c2ccc(OC)cc2)cc1. The second-order valence-electron chi connectivity index (χ2n) is 6.11. The second kappa shape index (κ2) is 10.2. The van der Waals surface area contributed by atoms with Crippen LogP contribution in [0.2, 0.25) is 0 Å². The van der Waals surface area contributed by atoms with E-state index in [9.17, 15) is 4.79 Å². The van der Waals surface area contributed by atoms with Gasteiger partial charge in [0.1, 0.15) is 11.5 Å². The highest BCUT2D eigenvalue weighted by Crippen LogP contribution is 2.22. The Morgan fingerprint density at radius 3 is 2.38 bits per heavy atom. The Kier molecular flexibility index (Phi) is 7.68. The number of nitrogens with zero attached hydrogens (tertiary/aromatic N) is 1. The van der Waals surface area contributed by atoms with E-state index in [0.29, 0.717) is 11.7 Å². The first-order valence-electron chi connectivity index (χ1n) is 8.81. The maximum absolute atomic E-state index is 11.8. The van der Waals surface area contributed by atoms with Crippen LogP contribution in [0.1, 0.15) is 43.7 Å². The summed E-state index contributed by atoms with van der Waals surface area (Å²) in [6.07, 6.45) is 3.90. The van der Waals surface area contributed by atoms with Gasteiger partial charge in [-0.2, -0.15) is 5.10 Å². The number of rotatable bonds is 9. The van der Waals surface area contributed by atoms with Crippen LogP contribution in [0.3, 0.4) is 0 Å². The first kappa shape index (κ1) is 19.5. The lowest BCUT2D eigenvalue weighted by Crippen LogP contribution is -2.24. The van der Waals surface area contributed by atoms with Crippen LogP contribution in [0, 0.1) is 0 Å². The van der Waals surface area contributed by atoms with Gasteiger partial charge in [0.15, 0.2) is 6.61 Å². The minimum Gasteiger partial charge on any atom is -0.497 e. The highest BCUT2D eigenvalue weighted by atomic mass is 16.5. The molecule has 0 aliphatic heterocycles. The second-order valence-corrected chi connectivity index (χ2v) is 6.11. The molecule has 0 unspecified atom stereocenters. The molecule has 0 saturated heterocycles. The molecule has 0 radical (unpaired) electrons. The molecular formula is C21H26N2O3. The van der Waals surface area contributed by atoms with Gasteiger partial charge in [-0.15, -0.1) is 0 Å². The van der Waals surface area contributed by atoms with E-state index in [1.165, 1.54) is 5.56 Å². The molecule has 0 aromatic heterocycles. The van der Waals surface area contributed by atoms with Crippen LogP contribution in [0.5, 0.6) is 11.5 Å². The van der Waals surface area contributed by atoms with E-state index in [1.54, 1.807) is 13.3 Å². The molecule has 2 rings (SSSR count). The minimum absolute atomic E-state index is 0.0796. The first-order valence-corrected chi connectivity index (χ1v) is 8.81. The van der Waals surface area contributed by atoms with Gasteiger partial charge in [-0.05, 0) is 59.9 Å². The fraction of sp³-hybridized carbons (Fsp3) is 0.333. The topological polar surface area (TPSA) is 59.9 Å². The van der Waals surface area contributed by atoms with Crippen molar-refractivity contribution in [2.24, 2.45) is 5.10 Å². The number of benzene rings is 2. The van der Waals surface area contributed by atoms with E-state index in [-0.39, 0.29) is 12.5 Å². The summed E-state index contributed by atoms with van der Waals surface area (Å²) < 4.78 is 10.6. The van der Waals surface area contributed by atoms with Gasteiger partial charge in [0.25, 0.3) is 5.91 Å². The van der Waals surface area contributed by atoms with Crippen molar-refractivity contribution >= 4 is 12.1 Å². The van der Waals surface area contributed by atoms with Crippen molar-refractivity contribution < 1.29 is 14.3 Å². The average Bonchev–Trinajstić information content (AvgIpc) is 2.67. The lowest BCUT2D eigenvalue weighted by molar-refractivity contribution is -0.123. The monoisotopic (exact) mass is 354 g/mol. The van der Waals surface area contributed by atoms with E-state index >= 15 is 0 Å². The molecule has 0 heterocycles. The van der Waals surface area contributed by atoms with E-state index < -0.39 is 0 Å². The Hall–Kier alpha value is -2.82. The summed E-state index contributed by atoms with van der Waals surface area (Å²) in [4.78, 5) is 11.8. The number of ether oxygens (including phenoxy) is 2. The highest BCUT2D eigenvalue weighted by Gasteiger charge is 2.05. The lowest BCUT2D eigenvalue weighted by atomic mass is 9.97. The van der Waals surface area contributed by atoms with Crippen molar-refractivity contribution in [3.05, 3.63) is 59.7 Å². The number of hydrazone groups is 1. The predicted octanol–water partition coefficient (Wildman–Crippen LogP) is 4.13. The summed E-state index contributed by atoms with van der Waals surface area (Å²) in [5.74, 6) is 1.67. The Morgan fingerprint density at radius 2 is 1.77 bits per heavy atom. The van der Waals surface area contributed by atoms with E-state index in [4.69, 9.17) is 9.47 Å². The van der Waals surface area contributed by atoms with Crippen LogP contribution in [0.25, 0.3) is 0 Å².